The molecule has 0 bridgehead atoms. The minimum absolute atomic E-state index is 0.826. The van der Waals surface area contributed by atoms with E-state index in [1.807, 2.05) is 6.08 Å². The maximum absolute atomic E-state index is 10.7. The van der Waals surface area contributed by atoms with Gasteiger partial charge < -0.3 is 4.98 Å². The average Bonchev–Trinajstić information content (AvgIpc) is 2.57. The van der Waals surface area contributed by atoms with Crippen LogP contribution in [0.25, 0.3) is 0 Å². The van der Waals surface area contributed by atoms with Crippen molar-refractivity contribution in [3.05, 3.63) is 30.9 Å². The number of allylic oxidation sites excluding steroid dienone is 1. The van der Waals surface area contributed by atoms with Gasteiger partial charge in [-0.25, -0.2) is 4.98 Å². The van der Waals surface area contributed by atoms with Crippen molar-refractivity contribution >= 4 is 10.4 Å². The van der Waals surface area contributed by atoms with E-state index in [-0.39, 0.29) is 0 Å². The van der Waals surface area contributed by atoms with Gasteiger partial charge >= 0.3 is 10.4 Å². The van der Waals surface area contributed by atoms with E-state index >= 15 is 0 Å². The van der Waals surface area contributed by atoms with Crippen molar-refractivity contribution in [3.8, 4) is 0 Å². The normalized spacial score (nSPS) is 10.7. The number of aromatic nitrogens is 2. The van der Waals surface area contributed by atoms with Gasteiger partial charge in [0.25, 0.3) is 0 Å². The number of halogens is 3. The molecule has 0 aliphatic heterocycles. The second kappa shape index (κ2) is 6.19. The Balaban J connectivity index is 0.000000265. The van der Waals surface area contributed by atoms with Gasteiger partial charge in [-0.05, 0) is 0 Å². The van der Waals surface area contributed by atoms with Gasteiger partial charge in [0.05, 0.1) is 0 Å². The lowest BCUT2D eigenvalue weighted by atomic mass is 10.4. The molecule has 1 aromatic rings. The van der Waals surface area contributed by atoms with Crippen molar-refractivity contribution in [2.24, 2.45) is 0 Å². The molecular weight excluding hydrogens is 235 g/mol. The van der Waals surface area contributed by atoms with Crippen molar-refractivity contribution in [1.29, 1.82) is 0 Å². The van der Waals surface area contributed by atoms with Crippen LogP contribution in [0.2, 0.25) is 0 Å². The largest absolute Gasteiger partial charge is 0.430 e. The third-order valence-corrected chi connectivity index (χ3v) is 1.39. The molecule has 0 spiro atoms. The molecule has 1 heterocycles. The molecule has 0 aliphatic carbocycles. The Morgan fingerprint density at radius 1 is 1.60 bits per heavy atom. The molecule has 1 aromatic heterocycles. The summed E-state index contributed by atoms with van der Waals surface area (Å²) in [5.41, 5.74) is 0. The molecule has 0 aromatic carbocycles. The van der Waals surface area contributed by atoms with Crippen molar-refractivity contribution in [1.82, 2.24) is 14.7 Å². The van der Waals surface area contributed by atoms with E-state index in [9.17, 15) is 12.8 Å². The molecule has 15 heavy (non-hydrogen) atoms. The van der Waals surface area contributed by atoms with E-state index in [1.54, 1.807) is 12.4 Å². The molecule has 0 unspecified atom stereocenters. The molecule has 86 valence electrons. The Morgan fingerprint density at radius 2 is 2.13 bits per heavy atom. The second-order valence-electron chi connectivity index (χ2n) is 2.14. The summed E-state index contributed by atoms with van der Waals surface area (Å²) in [4.78, 5) is 6.93. The summed E-state index contributed by atoms with van der Waals surface area (Å²) in [6, 6.07) is 0. The zero-order valence-corrected chi connectivity index (χ0v) is 8.22. The predicted octanol–water partition coefficient (Wildman–Crippen LogP) is 1.41. The summed E-state index contributed by atoms with van der Waals surface area (Å²) >= 11 is 0. The highest BCUT2D eigenvalue weighted by Crippen LogP contribution is 2.01. The summed E-state index contributed by atoms with van der Waals surface area (Å²) in [6.45, 7) is 3.58. The number of hydrogen-bond donors (Lipinski definition) is 1. The monoisotopic (exact) mass is 243 g/mol. The maximum Gasteiger partial charge on any atom is 0.430 e. The predicted molar refractivity (Wildman–Crippen MR) is 46.6 cm³/mol. The number of nitrogens with one attached hydrogen (secondary N) is 1. The Morgan fingerprint density at radius 3 is 2.40 bits per heavy atom. The van der Waals surface area contributed by atoms with E-state index in [0.717, 1.165) is 12.2 Å². The van der Waals surface area contributed by atoms with Gasteiger partial charge in [-0.15, -0.1) is 6.58 Å². The third-order valence-electron chi connectivity index (χ3n) is 1.06. The number of aromatic amines is 1. The molecule has 0 saturated carbocycles. The van der Waals surface area contributed by atoms with Crippen molar-refractivity contribution in [3.63, 3.8) is 0 Å². The highest BCUT2D eigenvalue weighted by molar-refractivity contribution is 7.83. The van der Waals surface area contributed by atoms with E-state index in [1.165, 1.54) is 0 Å². The molecule has 0 atom stereocenters. The highest BCUT2D eigenvalue weighted by atomic mass is 32.3. The summed E-state index contributed by atoms with van der Waals surface area (Å²) < 4.78 is 46.7. The first-order valence-corrected chi connectivity index (χ1v) is 4.87. The Labute approximate surface area is 84.5 Å². The van der Waals surface area contributed by atoms with Crippen molar-refractivity contribution in [2.75, 3.05) is 0 Å². The minimum atomic E-state index is -5.74. The number of H-pyrrole nitrogens is 1. The third kappa shape index (κ3) is 6.69. The molecule has 0 aliphatic rings. The molecule has 0 amide bonds. The Hall–Kier alpha value is -1.35. The summed E-state index contributed by atoms with van der Waals surface area (Å²) in [7, 11) is -5.74. The van der Waals surface area contributed by atoms with Gasteiger partial charge in [-0.3, -0.25) is 0 Å². The van der Waals surface area contributed by atoms with Crippen LogP contribution in [-0.4, -0.2) is 23.1 Å². The summed E-state index contributed by atoms with van der Waals surface area (Å²) in [6.07, 6.45) is 6.18. The highest BCUT2D eigenvalue weighted by Gasteiger charge is 2.18. The van der Waals surface area contributed by atoms with Crippen molar-refractivity contribution < 1.29 is 21.3 Å². The lowest BCUT2D eigenvalue weighted by molar-refractivity contribution is -0.0591. The molecule has 9 heteroatoms. The van der Waals surface area contributed by atoms with Gasteiger partial charge in [0, 0.05) is 18.8 Å². The van der Waals surface area contributed by atoms with Crippen molar-refractivity contribution in [2.45, 2.75) is 6.42 Å². The minimum Gasteiger partial charge on any atom is -0.348 e. The Bertz CT molecular complexity index is 376. The van der Waals surface area contributed by atoms with Gasteiger partial charge in [0.15, 0.2) is 4.75 Å². The number of imidazole rings is 1. The zero-order valence-electron chi connectivity index (χ0n) is 7.40. The fourth-order valence-corrected chi connectivity index (χ4v) is 0.546. The molecular formula is C6H8F3N3O2S. The molecule has 0 saturated heterocycles. The van der Waals surface area contributed by atoms with E-state index in [0.29, 0.717) is 0 Å². The maximum atomic E-state index is 10.7. The van der Waals surface area contributed by atoms with Crippen LogP contribution in [0, 0.1) is 0 Å². The van der Waals surface area contributed by atoms with Crippen LogP contribution in [0.5, 0.6) is 0 Å². The second-order valence-corrected chi connectivity index (χ2v) is 3.24. The van der Waals surface area contributed by atoms with Crippen LogP contribution < -0.4 is 0 Å². The lowest BCUT2D eigenvalue weighted by Gasteiger charge is -1.85. The van der Waals surface area contributed by atoms with Gasteiger partial charge in [-0.1, -0.05) is 18.9 Å². The number of hydrogen-bond acceptors (Lipinski definition) is 3. The van der Waals surface area contributed by atoms with E-state index in [4.69, 9.17) is 8.42 Å². The number of rotatable bonds is 3. The summed E-state index contributed by atoms with van der Waals surface area (Å²) in [5, 5.41) is 0. The smallest absolute Gasteiger partial charge is 0.348 e. The first-order valence-electron chi connectivity index (χ1n) is 3.53. The lowest BCUT2D eigenvalue weighted by Crippen LogP contribution is -2.06. The molecule has 0 fully saturated rings. The topological polar surface area (TPSA) is 66.1 Å². The van der Waals surface area contributed by atoms with E-state index in [2.05, 4.69) is 16.5 Å². The molecule has 1 rings (SSSR count). The fraction of sp³-hybridized carbons (Fsp3) is 0.167. The van der Waals surface area contributed by atoms with Gasteiger partial charge in [-0.2, -0.15) is 8.42 Å². The molecule has 1 N–H and O–H groups in total. The Kier molecular flexibility index (Phi) is 5.64. The molecule has 0 radical (unpaired) electrons. The van der Waals surface area contributed by atoms with Crippen LogP contribution in [0.1, 0.15) is 5.82 Å². The zero-order chi connectivity index (χ0) is 11.9. The fourth-order valence-electron chi connectivity index (χ4n) is 0.546. The number of nitrogens with zero attached hydrogens (tertiary/aromatic N) is 2. The molecule has 5 nitrogen and oxygen atoms in total. The average molecular weight is 243 g/mol. The van der Waals surface area contributed by atoms with E-state index < -0.39 is 15.2 Å². The SMILES string of the molecule is C=CCc1ncc[nH]1.O=S(=O)(F)N(F)F. The van der Waals surface area contributed by atoms with Gasteiger partial charge in [0.2, 0.25) is 0 Å². The van der Waals surface area contributed by atoms with Crippen LogP contribution in [-0.2, 0) is 16.8 Å². The van der Waals surface area contributed by atoms with Crippen LogP contribution in [0.4, 0.5) is 12.8 Å². The van der Waals surface area contributed by atoms with Crippen LogP contribution in [0.15, 0.2) is 25.0 Å². The summed E-state index contributed by atoms with van der Waals surface area (Å²) in [5.74, 6) is 0.972. The van der Waals surface area contributed by atoms with Gasteiger partial charge in [0.1, 0.15) is 5.82 Å². The van der Waals surface area contributed by atoms with Crippen LogP contribution >= 0.6 is 0 Å². The standard InChI is InChI=1S/C6H8N2.F3NO2S/c1-2-3-6-7-4-5-8-6;1-4(2)7(3,5)6/h2,4-5H,1,3H2,(H,7,8);. The first-order chi connectivity index (χ1) is 6.88. The first kappa shape index (κ1) is 13.7. The quantitative estimate of drug-likeness (QED) is 0.496. The van der Waals surface area contributed by atoms with Crippen LogP contribution in [0.3, 0.4) is 0 Å².